The highest BCUT2D eigenvalue weighted by Gasteiger charge is 2.27. The lowest BCUT2D eigenvalue weighted by molar-refractivity contribution is 0.207. The molecule has 5 heteroatoms. The summed E-state index contributed by atoms with van der Waals surface area (Å²) in [5.74, 6) is 2.57. The summed E-state index contributed by atoms with van der Waals surface area (Å²) in [6.07, 6.45) is 0.984. The average molecular weight is 383 g/mol. The fraction of sp³-hybridized carbons (Fsp3) is 0.435. The van der Waals surface area contributed by atoms with Gasteiger partial charge in [0.1, 0.15) is 11.5 Å². The maximum Gasteiger partial charge on any atom is 0.317 e. The molecule has 1 fully saturated rings. The van der Waals surface area contributed by atoms with Gasteiger partial charge in [0.15, 0.2) is 0 Å². The molecule has 1 atom stereocenters. The predicted molar refractivity (Wildman–Crippen MR) is 111 cm³/mol. The van der Waals surface area contributed by atoms with Gasteiger partial charge in [-0.1, -0.05) is 38.1 Å². The predicted octanol–water partition coefficient (Wildman–Crippen LogP) is 4.43. The topological polar surface area (TPSA) is 50.8 Å². The molecule has 150 valence electrons. The van der Waals surface area contributed by atoms with Crippen LogP contribution in [0.1, 0.15) is 37.3 Å². The number of carbonyl (C=O) groups is 1. The van der Waals surface area contributed by atoms with Crippen molar-refractivity contribution in [3.63, 3.8) is 0 Å². The number of nitrogens with one attached hydrogen (secondary N) is 1. The van der Waals surface area contributed by atoms with Gasteiger partial charge in [-0.15, -0.1) is 0 Å². The van der Waals surface area contributed by atoms with Crippen molar-refractivity contribution >= 4 is 6.03 Å². The Bertz CT molecular complexity index is 774. The molecule has 1 N–H and O–H groups in total. The summed E-state index contributed by atoms with van der Waals surface area (Å²) in [5.41, 5.74) is 2.30. The van der Waals surface area contributed by atoms with E-state index in [4.69, 9.17) is 9.47 Å². The number of rotatable bonds is 7. The van der Waals surface area contributed by atoms with E-state index in [-0.39, 0.29) is 6.03 Å². The molecule has 1 unspecified atom stereocenters. The largest absolute Gasteiger partial charge is 0.497 e. The van der Waals surface area contributed by atoms with Gasteiger partial charge in [-0.25, -0.2) is 4.79 Å². The van der Waals surface area contributed by atoms with Crippen LogP contribution in [0.4, 0.5) is 4.79 Å². The Morgan fingerprint density at radius 1 is 1.18 bits per heavy atom. The van der Waals surface area contributed by atoms with E-state index in [0.717, 1.165) is 36.6 Å². The van der Waals surface area contributed by atoms with Crippen molar-refractivity contribution in [1.29, 1.82) is 0 Å². The molecule has 5 nitrogen and oxygen atoms in total. The Hall–Kier alpha value is -2.69. The molecule has 1 heterocycles. The van der Waals surface area contributed by atoms with Gasteiger partial charge in [0, 0.05) is 25.6 Å². The molecule has 0 bridgehead atoms. The van der Waals surface area contributed by atoms with E-state index in [2.05, 4.69) is 31.3 Å². The molecular formula is C23H30N2O3. The van der Waals surface area contributed by atoms with E-state index in [9.17, 15) is 4.79 Å². The van der Waals surface area contributed by atoms with Crippen molar-refractivity contribution in [3.05, 3.63) is 59.7 Å². The van der Waals surface area contributed by atoms with Crippen LogP contribution in [0.15, 0.2) is 48.5 Å². The molecule has 0 aliphatic carbocycles. The van der Waals surface area contributed by atoms with Crippen molar-refractivity contribution in [2.24, 2.45) is 5.92 Å². The zero-order chi connectivity index (χ0) is 19.9. The zero-order valence-electron chi connectivity index (χ0n) is 17.0. The van der Waals surface area contributed by atoms with Crippen molar-refractivity contribution in [3.8, 4) is 11.5 Å². The van der Waals surface area contributed by atoms with Gasteiger partial charge in [-0.2, -0.15) is 0 Å². The van der Waals surface area contributed by atoms with Crippen LogP contribution in [0.25, 0.3) is 0 Å². The second kappa shape index (κ2) is 9.49. The summed E-state index contributed by atoms with van der Waals surface area (Å²) in [4.78, 5) is 14.5. The van der Waals surface area contributed by atoms with E-state index >= 15 is 0 Å². The molecule has 0 saturated carbocycles. The number of benzene rings is 2. The van der Waals surface area contributed by atoms with E-state index in [1.54, 1.807) is 7.11 Å². The highest BCUT2D eigenvalue weighted by molar-refractivity contribution is 5.74. The third-order valence-corrected chi connectivity index (χ3v) is 4.99. The van der Waals surface area contributed by atoms with Crippen LogP contribution in [0.3, 0.4) is 0 Å². The highest BCUT2D eigenvalue weighted by atomic mass is 16.5. The highest BCUT2D eigenvalue weighted by Crippen LogP contribution is 2.28. The average Bonchev–Trinajstić information content (AvgIpc) is 3.21. The van der Waals surface area contributed by atoms with Crippen molar-refractivity contribution in [1.82, 2.24) is 10.2 Å². The Balaban J connectivity index is 1.49. The van der Waals surface area contributed by atoms with Crippen LogP contribution in [0.2, 0.25) is 0 Å². The number of urea groups is 1. The van der Waals surface area contributed by atoms with Gasteiger partial charge in [-0.3, -0.25) is 0 Å². The van der Waals surface area contributed by atoms with Crippen molar-refractivity contribution in [2.45, 2.75) is 32.7 Å². The lowest BCUT2D eigenvalue weighted by Gasteiger charge is -2.18. The lowest BCUT2D eigenvalue weighted by atomic mass is 9.98. The third kappa shape index (κ3) is 5.41. The first-order valence-electron chi connectivity index (χ1n) is 9.93. The van der Waals surface area contributed by atoms with Gasteiger partial charge in [-0.05, 0) is 47.7 Å². The third-order valence-electron chi connectivity index (χ3n) is 4.99. The summed E-state index contributed by atoms with van der Waals surface area (Å²) < 4.78 is 11.0. The molecule has 2 aromatic carbocycles. The monoisotopic (exact) mass is 382 g/mol. The molecule has 2 aromatic rings. The molecule has 1 aliphatic rings. The number of hydrogen-bond acceptors (Lipinski definition) is 3. The molecule has 3 rings (SSSR count). The summed E-state index contributed by atoms with van der Waals surface area (Å²) in [6, 6.07) is 16.0. The maximum absolute atomic E-state index is 12.6. The van der Waals surface area contributed by atoms with Gasteiger partial charge >= 0.3 is 6.03 Å². The van der Waals surface area contributed by atoms with E-state index in [1.807, 2.05) is 41.3 Å². The lowest BCUT2D eigenvalue weighted by Crippen LogP contribution is -2.37. The Kier molecular flexibility index (Phi) is 6.80. The fourth-order valence-electron chi connectivity index (χ4n) is 3.39. The Morgan fingerprint density at radius 3 is 2.68 bits per heavy atom. The van der Waals surface area contributed by atoms with E-state index in [1.165, 1.54) is 5.56 Å². The first kappa shape index (κ1) is 20.1. The number of likely N-dealkylation sites (tertiary alicyclic amines) is 1. The van der Waals surface area contributed by atoms with Crippen LogP contribution in [0, 0.1) is 5.92 Å². The molecule has 0 radical (unpaired) electrons. The van der Waals surface area contributed by atoms with Gasteiger partial charge in [0.25, 0.3) is 0 Å². The SMILES string of the molecule is COc1ccc(C2CCN(C(=O)NCc3cccc(OCC(C)C)c3)C2)cc1. The molecule has 2 amide bonds. The molecule has 0 spiro atoms. The van der Waals surface area contributed by atoms with E-state index < -0.39 is 0 Å². The smallest absolute Gasteiger partial charge is 0.317 e. The number of nitrogens with zero attached hydrogens (tertiary/aromatic N) is 1. The van der Waals surface area contributed by atoms with Gasteiger partial charge in [0.2, 0.25) is 0 Å². The summed E-state index contributed by atoms with van der Waals surface area (Å²) in [6.45, 7) is 6.96. The van der Waals surface area contributed by atoms with Crippen molar-refractivity contribution < 1.29 is 14.3 Å². The Labute approximate surface area is 167 Å². The normalized spacial score (nSPS) is 16.3. The van der Waals surface area contributed by atoms with Crippen LogP contribution in [0.5, 0.6) is 11.5 Å². The minimum absolute atomic E-state index is 0.00971. The fourth-order valence-corrected chi connectivity index (χ4v) is 3.39. The number of ether oxygens (including phenoxy) is 2. The number of hydrogen-bond donors (Lipinski definition) is 1. The quantitative estimate of drug-likeness (QED) is 0.771. The molecule has 1 aliphatic heterocycles. The molecule has 1 saturated heterocycles. The van der Waals surface area contributed by atoms with Crippen LogP contribution in [-0.2, 0) is 6.54 Å². The van der Waals surface area contributed by atoms with Gasteiger partial charge in [0.05, 0.1) is 13.7 Å². The van der Waals surface area contributed by atoms with Crippen LogP contribution >= 0.6 is 0 Å². The minimum Gasteiger partial charge on any atom is -0.497 e. The summed E-state index contributed by atoms with van der Waals surface area (Å²) >= 11 is 0. The minimum atomic E-state index is -0.00971. The number of carbonyl (C=O) groups excluding carboxylic acids is 1. The molecular weight excluding hydrogens is 352 g/mol. The second-order valence-electron chi connectivity index (χ2n) is 7.72. The first-order chi connectivity index (χ1) is 13.5. The molecule has 28 heavy (non-hydrogen) atoms. The summed E-state index contributed by atoms with van der Waals surface area (Å²) in [5, 5.41) is 3.03. The van der Waals surface area contributed by atoms with E-state index in [0.29, 0.717) is 25.0 Å². The Morgan fingerprint density at radius 2 is 1.96 bits per heavy atom. The first-order valence-corrected chi connectivity index (χ1v) is 9.93. The van der Waals surface area contributed by atoms with Crippen molar-refractivity contribution in [2.75, 3.05) is 26.8 Å². The summed E-state index contributed by atoms with van der Waals surface area (Å²) in [7, 11) is 1.67. The van der Waals surface area contributed by atoms with Gasteiger partial charge < -0.3 is 19.7 Å². The maximum atomic E-state index is 12.6. The van der Waals surface area contributed by atoms with Crippen LogP contribution < -0.4 is 14.8 Å². The standard InChI is InChI=1S/C23H30N2O3/c1-17(2)16-28-22-6-4-5-18(13-22)14-24-23(26)25-12-11-20(15-25)19-7-9-21(27-3)10-8-19/h4-10,13,17,20H,11-12,14-16H2,1-3H3,(H,24,26). The molecule has 0 aromatic heterocycles. The second-order valence-corrected chi connectivity index (χ2v) is 7.72. The van der Waals surface area contributed by atoms with Crippen LogP contribution in [-0.4, -0.2) is 37.7 Å². The number of methoxy groups -OCH3 is 1. The zero-order valence-corrected chi connectivity index (χ0v) is 17.0. The number of amides is 2.